The minimum absolute atomic E-state index is 0.00721. The number of rotatable bonds is 2. The van der Waals surface area contributed by atoms with Crippen LogP contribution in [-0.4, -0.2) is 15.7 Å². The molecule has 0 aliphatic rings. The van der Waals surface area contributed by atoms with Crippen molar-refractivity contribution in [2.45, 2.75) is 13.0 Å². The van der Waals surface area contributed by atoms with Gasteiger partial charge in [0.2, 0.25) is 0 Å². The summed E-state index contributed by atoms with van der Waals surface area (Å²) < 4.78 is 2.59. The largest absolute Gasteiger partial charge is 0.394 e. The normalized spacial score (nSPS) is 13.3. The van der Waals surface area contributed by atoms with Gasteiger partial charge in [-0.25, -0.2) is 0 Å². The number of nitrogens with zero attached hydrogens (tertiary/aromatic N) is 1. The van der Waals surface area contributed by atoms with E-state index in [1.165, 1.54) is 11.5 Å². The molecule has 2 aromatic rings. The molecule has 1 atom stereocenters. The van der Waals surface area contributed by atoms with Gasteiger partial charge in [0.05, 0.1) is 22.7 Å². The van der Waals surface area contributed by atoms with Crippen LogP contribution in [0.5, 0.6) is 0 Å². The summed E-state index contributed by atoms with van der Waals surface area (Å²) in [6, 6.07) is 7.35. The van der Waals surface area contributed by atoms with Crippen molar-refractivity contribution in [1.29, 1.82) is 0 Å². The minimum Gasteiger partial charge on any atom is -0.394 e. The van der Waals surface area contributed by atoms with Crippen LogP contribution < -0.4 is 5.56 Å². The van der Waals surface area contributed by atoms with Crippen molar-refractivity contribution in [3.63, 3.8) is 0 Å². The number of fused-ring (bicyclic) bond motifs is 1. The van der Waals surface area contributed by atoms with Gasteiger partial charge in [0.15, 0.2) is 0 Å². The highest BCUT2D eigenvalue weighted by Crippen LogP contribution is 2.18. The fourth-order valence-corrected chi connectivity index (χ4v) is 2.39. The summed E-state index contributed by atoms with van der Waals surface area (Å²) in [7, 11) is 0. The smallest absolute Gasteiger partial charge is 0.268 e. The maximum absolute atomic E-state index is 11.8. The lowest BCUT2D eigenvalue weighted by Gasteiger charge is -2.05. The number of hydrogen-bond donors (Lipinski definition) is 1. The second-order valence-electron chi connectivity index (χ2n) is 3.25. The third-order valence-corrected chi connectivity index (χ3v) is 3.45. The van der Waals surface area contributed by atoms with Gasteiger partial charge in [-0.15, -0.1) is 0 Å². The van der Waals surface area contributed by atoms with Crippen LogP contribution in [0.1, 0.15) is 13.0 Å². The summed E-state index contributed by atoms with van der Waals surface area (Å²) >= 11 is 1.40. The molecule has 1 aromatic heterocycles. The average Bonchev–Trinajstić information content (AvgIpc) is 2.56. The van der Waals surface area contributed by atoms with Crippen LogP contribution in [0.15, 0.2) is 29.1 Å². The van der Waals surface area contributed by atoms with Gasteiger partial charge in [-0.3, -0.25) is 8.75 Å². The molecule has 0 aliphatic heterocycles. The van der Waals surface area contributed by atoms with E-state index in [1.807, 2.05) is 31.2 Å². The van der Waals surface area contributed by atoms with Gasteiger partial charge < -0.3 is 5.11 Å². The maximum atomic E-state index is 11.8. The SMILES string of the molecule is CC(CO)n1sc2ccccc2c1=O. The van der Waals surface area contributed by atoms with E-state index >= 15 is 0 Å². The van der Waals surface area contributed by atoms with Gasteiger partial charge in [-0.2, -0.15) is 0 Å². The molecule has 1 aromatic carbocycles. The van der Waals surface area contributed by atoms with Gasteiger partial charge >= 0.3 is 0 Å². The summed E-state index contributed by atoms with van der Waals surface area (Å²) in [5.41, 5.74) is -0.00727. The van der Waals surface area contributed by atoms with Crippen LogP contribution in [-0.2, 0) is 0 Å². The first-order valence-electron chi connectivity index (χ1n) is 4.45. The van der Waals surface area contributed by atoms with E-state index in [-0.39, 0.29) is 18.2 Å². The summed E-state index contributed by atoms with van der Waals surface area (Å²) in [4.78, 5) is 11.8. The van der Waals surface area contributed by atoms with Crippen molar-refractivity contribution in [3.05, 3.63) is 34.6 Å². The molecular formula is C10H11NO2S. The van der Waals surface area contributed by atoms with Crippen molar-refractivity contribution in [2.24, 2.45) is 0 Å². The number of aliphatic hydroxyl groups is 1. The van der Waals surface area contributed by atoms with Gasteiger partial charge in [0, 0.05) is 0 Å². The topological polar surface area (TPSA) is 42.2 Å². The molecule has 14 heavy (non-hydrogen) atoms. The zero-order chi connectivity index (χ0) is 10.1. The number of hydrogen-bond acceptors (Lipinski definition) is 3. The van der Waals surface area contributed by atoms with Crippen molar-refractivity contribution >= 4 is 21.6 Å². The second-order valence-corrected chi connectivity index (χ2v) is 4.27. The second kappa shape index (κ2) is 3.55. The number of aliphatic hydroxyl groups excluding tert-OH is 1. The molecule has 1 heterocycles. The van der Waals surface area contributed by atoms with Crippen LogP contribution in [0.3, 0.4) is 0 Å². The molecule has 0 saturated carbocycles. The highest BCUT2D eigenvalue weighted by atomic mass is 32.1. The first-order valence-corrected chi connectivity index (χ1v) is 5.23. The third-order valence-electron chi connectivity index (χ3n) is 2.18. The molecule has 0 radical (unpaired) electrons. The summed E-state index contributed by atoms with van der Waals surface area (Å²) in [5.74, 6) is 0. The predicted molar refractivity (Wildman–Crippen MR) is 57.9 cm³/mol. The van der Waals surface area contributed by atoms with E-state index in [1.54, 1.807) is 3.96 Å². The fourth-order valence-electron chi connectivity index (χ4n) is 1.35. The van der Waals surface area contributed by atoms with Crippen LogP contribution >= 0.6 is 11.5 Å². The molecule has 4 heteroatoms. The predicted octanol–water partition coefficient (Wildman–Crippen LogP) is 1.62. The lowest BCUT2D eigenvalue weighted by molar-refractivity contribution is 0.243. The van der Waals surface area contributed by atoms with Crippen LogP contribution in [0.2, 0.25) is 0 Å². The summed E-state index contributed by atoms with van der Waals surface area (Å²) in [6.07, 6.45) is 0. The Morgan fingerprint density at radius 2 is 2.21 bits per heavy atom. The molecular weight excluding hydrogens is 198 g/mol. The lowest BCUT2D eigenvalue weighted by Crippen LogP contribution is -2.19. The number of aromatic nitrogens is 1. The number of benzene rings is 1. The first-order chi connectivity index (χ1) is 6.74. The monoisotopic (exact) mass is 209 g/mol. The minimum atomic E-state index is -0.139. The van der Waals surface area contributed by atoms with Gasteiger partial charge in [-0.05, 0) is 19.1 Å². The summed E-state index contributed by atoms with van der Waals surface area (Å²) in [6.45, 7) is 1.82. The Balaban J connectivity index is 2.69. The van der Waals surface area contributed by atoms with Crippen LogP contribution in [0, 0.1) is 0 Å². The van der Waals surface area contributed by atoms with E-state index in [2.05, 4.69) is 0 Å². The van der Waals surface area contributed by atoms with Crippen molar-refractivity contribution < 1.29 is 5.11 Å². The van der Waals surface area contributed by atoms with Crippen molar-refractivity contribution in [2.75, 3.05) is 6.61 Å². The lowest BCUT2D eigenvalue weighted by atomic mass is 10.3. The molecule has 3 nitrogen and oxygen atoms in total. The average molecular weight is 209 g/mol. The van der Waals surface area contributed by atoms with E-state index in [0.29, 0.717) is 0 Å². The molecule has 0 saturated heterocycles. The molecule has 1 unspecified atom stereocenters. The van der Waals surface area contributed by atoms with Crippen LogP contribution in [0.25, 0.3) is 10.1 Å². The quantitative estimate of drug-likeness (QED) is 0.816. The van der Waals surface area contributed by atoms with Crippen molar-refractivity contribution in [3.8, 4) is 0 Å². The van der Waals surface area contributed by atoms with Gasteiger partial charge in [-0.1, -0.05) is 23.7 Å². The zero-order valence-electron chi connectivity index (χ0n) is 7.80. The molecule has 0 aliphatic carbocycles. The molecule has 0 spiro atoms. The zero-order valence-corrected chi connectivity index (χ0v) is 8.62. The summed E-state index contributed by atoms with van der Waals surface area (Å²) in [5, 5.41) is 9.72. The maximum Gasteiger partial charge on any atom is 0.268 e. The molecule has 0 fully saturated rings. The molecule has 1 N–H and O–H groups in total. The fraction of sp³-hybridized carbons (Fsp3) is 0.300. The highest BCUT2D eigenvalue weighted by molar-refractivity contribution is 7.13. The van der Waals surface area contributed by atoms with E-state index in [0.717, 1.165) is 10.1 Å². The Kier molecular flexibility index (Phi) is 2.39. The van der Waals surface area contributed by atoms with E-state index in [4.69, 9.17) is 5.11 Å². The van der Waals surface area contributed by atoms with Gasteiger partial charge in [0.1, 0.15) is 0 Å². The Morgan fingerprint density at radius 1 is 1.50 bits per heavy atom. The van der Waals surface area contributed by atoms with Crippen molar-refractivity contribution in [1.82, 2.24) is 3.96 Å². The Labute approximate surface area is 85.4 Å². The Bertz CT molecular complexity index is 500. The standard InChI is InChI=1S/C10H11NO2S/c1-7(6-12)11-10(13)8-4-2-3-5-9(8)14-11/h2-5,7,12H,6H2,1H3. The molecule has 74 valence electrons. The third kappa shape index (κ3) is 1.36. The Morgan fingerprint density at radius 3 is 2.86 bits per heavy atom. The van der Waals surface area contributed by atoms with E-state index < -0.39 is 0 Å². The first kappa shape index (κ1) is 9.43. The molecule has 0 amide bonds. The highest BCUT2D eigenvalue weighted by Gasteiger charge is 2.11. The van der Waals surface area contributed by atoms with Gasteiger partial charge in [0.25, 0.3) is 5.56 Å². The Hall–Kier alpha value is -1.13. The van der Waals surface area contributed by atoms with Crippen LogP contribution in [0.4, 0.5) is 0 Å². The molecule has 0 bridgehead atoms. The molecule has 2 rings (SSSR count). The van der Waals surface area contributed by atoms with E-state index in [9.17, 15) is 4.79 Å².